The summed E-state index contributed by atoms with van der Waals surface area (Å²) < 4.78 is 16.5. The molecule has 0 fully saturated rings. The van der Waals surface area contributed by atoms with E-state index in [2.05, 4.69) is 0 Å². The van der Waals surface area contributed by atoms with Crippen LogP contribution in [0.25, 0.3) is 21.9 Å². The maximum Gasteiger partial charge on any atom is 0.379 e. The van der Waals surface area contributed by atoms with Crippen molar-refractivity contribution in [2.45, 2.75) is 26.9 Å². The van der Waals surface area contributed by atoms with E-state index in [4.69, 9.17) is 13.9 Å². The highest BCUT2D eigenvalue weighted by Crippen LogP contribution is 2.37. The molecule has 0 radical (unpaired) electrons. The van der Waals surface area contributed by atoms with Crippen LogP contribution in [0.5, 0.6) is 5.75 Å². The normalized spacial score (nSPS) is 11.2. The lowest BCUT2D eigenvalue weighted by molar-refractivity contribution is -0.137. The van der Waals surface area contributed by atoms with E-state index in [-0.39, 0.29) is 18.3 Å². The van der Waals surface area contributed by atoms with Gasteiger partial charge in [0.15, 0.2) is 11.3 Å². The van der Waals surface area contributed by atoms with E-state index >= 15 is 0 Å². The van der Waals surface area contributed by atoms with Crippen LogP contribution >= 0.6 is 0 Å². The molecule has 1 aromatic heterocycles. The molecule has 3 aromatic rings. The molecule has 0 aliphatic rings. The monoisotopic (exact) mass is 326 g/mol. The van der Waals surface area contributed by atoms with Gasteiger partial charge in [0.05, 0.1) is 12.7 Å². The quantitative estimate of drug-likeness (QED) is 0.401. The zero-order chi connectivity index (χ0) is 17.3. The Kier molecular flexibility index (Phi) is 4.25. The fourth-order valence-electron chi connectivity index (χ4n) is 2.65. The van der Waals surface area contributed by atoms with Crippen molar-refractivity contribution in [1.82, 2.24) is 0 Å². The van der Waals surface area contributed by atoms with Crippen molar-refractivity contribution in [2.24, 2.45) is 0 Å². The van der Waals surface area contributed by atoms with Crippen molar-refractivity contribution in [3.63, 3.8) is 0 Å². The summed E-state index contributed by atoms with van der Waals surface area (Å²) in [5.74, 6) is -1.03. The lowest BCUT2D eigenvalue weighted by Gasteiger charge is -2.11. The fourth-order valence-corrected chi connectivity index (χ4v) is 2.65. The average molecular weight is 326 g/mol. The highest BCUT2D eigenvalue weighted by molar-refractivity contribution is 6.44. The van der Waals surface area contributed by atoms with Crippen molar-refractivity contribution < 1.29 is 23.5 Å². The number of rotatable bonds is 5. The summed E-state index contributed by atoms with van der Waals surface area (Å²) >= 11 is 0. The first kappa shape index (κ1) is 16.1. The number of furan rings is 1. The van der Waals surface area contributed by atoms with Crippen LogP contribution in [0.1, 0.15) is 31.1 Å². The van der Waals surface area contributed by atoms with Gasteiger partial charge in [-0.3, -0.25) is 4.79 Å². The van der Waals surface area contributed by atoms with Crippen LogP contribution < -0.4 is 4.74 Å². The molecular weight excluding hydrogens is 308 g/mol. The van der Waals surface area contributed by atoms with Crippen molar-refractivity contribution in [2.75, 3.05) is 6.61 Å². The second-order valence-electron chi connectivity index (χ2n) is 5.63. The predicted octanol–water partition coefficient (Wildman–Crippen LogP) is 4.12. The number of Topliss-reactive ketones (excluding diaryl/α,β-unsaturated/α-hetero) is 1. The summed E-state index contributed by atoms with van der Waals surface area (Å²) in [6.45, 7) is 5.63. The Morgan fingerprint density at radius 3 is 2.58 bits per heavy atom. The van der Waals surface area contributed by atoms with Gasteiger partial charge in [0.25, 0.3) is 5.78 Å². The molecule has 0 saturated carbocycles. The Morgan fingerprint density at radius 1 is 1.12 bits per heavy atom. The highest BCUT2D eigenvalue weighted by Gasteiger charge is 2.25. The van der Waals surface area contributed by atoms with Gasteiger partial charge >= 0.3 is 5.97 Å². The molecule has 0 spiro atoms. The number of ether oxygens (including phenoxy) is 2. The van der Waals surface area contributed by atoms with Crippen LogP contribution in [0, 0.1) is 0 Å². The van der Waals surface area contributed by atoms with Gasteiger partial charge in [0.2, 0.25) is 0 Å². The molecule has 124 valence electrons. The first-order valence-corrected chi connectivity index (χ1v) is 7.85. The van der Waals surface area contributed by atoms with Crippen LogP contribution in [0.3, 0.4) is 0 Å². The lowest BCUT2D eigenvalue weighted by Crippen LogP contribution is -2.18. The second kappa shape index (κ2) is 6.35. The number of hydrogen-bond acceptors (Lipinski definition) is 5. The summed E-state index contributed by atoms with van der Waals surface area (Å²) in [6, 6.07) is 10.6. The summed E-state index contributed by atoms with van der Waals surface area (Å²) in [5.41, 5.74) is 1.34. The molecule has 0 saturated heterocycles. The maximum absolute atomic E-state index is 12.5. The lowest BCUT2D eigenvalue weighted by atomic mass is 10.0. The van der Waals surface area contributed by atoms with Crippen LogP contribution in [0.2, 0.25) is 0 Å². The summed E-state index contributed by atoms with van der Waals surface area (Å²) in [6.07, 6.45) is -0.0481. The summed E-state index contributed by atoms with van der Waals surface area (Å²) in [5, 5.41) is 1.33. The van der Waals surface area contributed by atoms with E-state index in [1.165, 1.54) is 0 Å². The first-order chi connectivity index (χ1) is 11.5. The topological polar surface area (TPSA) is 65.7 Å². The molecule has 5 nitrogen and oxygen atoms in total. The molecule has 0 aliphatic carbocycles. The van der Waals surface area contributed by atoms with Gasteiger partial charge in [-0.1, -0.05) is 18.2 Å². The third-order valence-electron chi connectivity index (χ3n) is 3.56. The number of hydrogen-bond donors (Lipinski definition) is 0. The minimum atomic E-state index is -0.874. The third-order valence-corrected chi connectivity index (χ3v) is 3.56. The van der Waals surface area contributed by atoms with Crippen LogP contribution in [0.15, 0.2) is 40.8 Å². The van der Waals surface area contributed by atoms with Crippen LogP contribution in [-0.2, 0) is 9.53 Å². The molecule has 5 heteroatoms. The Hall–Kier alpha value is -2.82. The smallest absolute Gasteiger partial charge is 0.379 e. The Bertz CT molecular complexity index is 920. The first-order valence-electron chi connectivity index (χ1n) is 7.85. The van der Waals surface area contributed by atoms with E-state index in [1.54, 1.807) is 19.1 Å². The minimum absolute atomic E-state index is 0.0481. The molecule has 0 atom stereocenters. The van der Waals surface area contributed by atoms with Gasteiger partial charge in [0, 0.05) is 16.3 Å². The summed E-state index contributed by atoms with van der Waals surface area (Å²) in [7, 11) is 0. The molecule has 0 N–H and O–H groups in total. The zero-order valence-electron chi connectivity index (χ0n) is 13.8. The van der Waals surface area contributed by atoms with Gasteiger partial charge in [-0.15, -0.1) is 0 Å². The Morgan fingerprint density at radius 2 is 1.88 bits per heavy atom. The predicted molar refractivity (Wildman–Crippen MR) is 90.4 cm³/mol. The number of esters is 1. The molecule has 2 aromatic carbocycles. The molecule has 24 heavy (non-hydrogen) atoms. The van der Waals surface area contributed by atoms with E-state index in [0.29, 0.717) is 22.3 Å². The van der Waals surface area contributed by atoms with Crippen molar-refractivity contribution in [1.29, 1.82) is 0 Å². The number of benzene rings is 2. The van der Waals surface area contributed by atoms with E-state index in [0.717, 1.165) is 5.39 Å². The molecule has 0 bridgehead atoms. The van der Waals surface area contributed by atoms with Gasteiger partial charge in [0.1, 0.15) is 5.58 Å². The minimum Gasteiger partial charge on any atom is -0.487 e. The fraction of sp³-hybridized carbons (Fsp3) is 0.263. The molecule has 1 heterocycles. The standard InChI is InChI=1S/C19H18O5/c1-4-22-19(21)17(20)13-9-10-15(23-11(2)3)18-16(13)12-7-5-6-8-14(12)24-18/h5-11H,4H2,1-3H3. The molecule has 0 unspecified atom stereocenters. The van der Waals surface area contributed by atoms with E-state index in [1.807, 2.05) is 38.1 Å². The van der Waals surface area contributed by atoms with Gasteiger partial charge in [-0.25, -0.2) is 4.79 Å². The SMILES string of the molecule is CCOC(=O)C(=O)c1ccc(OC(C)C)c2oc3ccccc3c12. The van der Waals surface area contributed by atoms with Crippen LogP contribution in [0.4, 0.5) is 0 Å². The summed E-state index contributed by atoms with van der Waals surface area (Å²) in [4.78, 5) is 24.3. The van der Waals surface area contributed by atoms with Gasteiger partial charge in [-0.05, 0) is 39.0 Å². The number of ketones is 1. The largest absolute Gasteiger partial charge is 0.487 e. The Labute approximate surface area is 139 Å². The zero-order valence-corrected chi connectivity index (χ0v) is 13.8. The van der Waals surface area contributed by atoms with Crippen molar-refractivity contribution in [3.05, 3.63) is 42.0 Å². The molecular formula is C19H18O5. The van der Waals surface area contributed by atoms with E-state index < -0.39 is 11.8 Å². The van der Waals surface area contributed by atoms with Gasteiger partial charge < -0.3 is 13.9 Å². The number of fused-ring (bicyclic) bond motifs is 3. The Balaban J connectivity index is 2.27. The maximum atomic E-state index is 12.5. The number of para-hydroxylation sites is 1. The third kappa shape index (κ3) is 2.73. The van der Waals surface area contributed by atoms with Crippen LogP contribution in [-0.4, -0.2) is 24.5 Å². The molecule has 3 rings (SSSR count). The number of carbonyl (C=O) groups excluding carboxylic acids is 2. The molecule has 0 amide bonds. The molecule has 0 aliphatic heterocycles. The van der Waals surface area contributed by atoms with Gasteiger partial charge in [-0.2, -0.15) is 0 Å². The van der Waals surface area contributed by atoms with Crippen molar-refractivity contribution >= 4 is 33.7 Å². The van der Waals surface area contributed by atoms with E-state index in [9.17, 15) is 9.59 Å². The van der Waals surface area contributed by atoms with Crippen molar-refractivity contribution in [3.8, 4) is 5.75 Å². The second-order valence-corrected chi connectivity index (χ2v) is 5.63. The highest BCUT2D eigenvalue weighted by atomic mass is 16.5. The number of carbonyl (C=O) groups is 2. The average Bonchev–Trinajstić information content (AvgIpc) is 2.94.